The molecule has 0 N–H and O–H groups in total. The van der Waals surface area contributed by atoms with Crippen molar-refractivity contribution in [3.8, 4) is 0 Å². The van der Waals surface area contributed by atoms with E-state index < -0.39 is 0 Å². The third-order valence-electron chi connectivity index (χ3n) is 3.51. The summed E-state index contributed by atoms with van der Waals surface area (Å²) >= 11 is 4.41. The maximum atomic E-state index is 5.82. The van der Waals surface area contributed by atoms with Crippen molar-refractivity contribution in [1.29, 1.82) is 0 Å². The minimum atomic E-state index is -0.239. The molecule has 1 heterocycles. The van der Waals surface area contributed by atoms with Crippen LogP contribution in [0.2, 0.25) is 0 Å². The molecular weight excluding hydrogens is 276 g/mol. The summed E-state index contributed by atoms with van der Waals surface area (Å²) < 4.78 is 22.4. The summed E-state index contributed by atoms with van der Waals surface area (Å²) in [5.74, 6) is 0. The smallest absolute Gasteiger partial charge is 0.127 e. The topological polar surface area (TPSA) is 36.9 Å². The Morgan fingerprint density at radius 2 is 1.85 bits per heavy atom. The lowest BCUT2D eigenvalue weighted by Gasteiger charge is -2.38. The van der Waals surface area contributed by atoms with Crippen LogP contribution in [0, 0.1) is 0 Å². The predicted molar refractivity (Wildman–Crippen MR) is 80.0 cm³/mol. The summed E-state index contributed by atoms with van der Waals surface area (Å²) in [7, 11) is 3.35. The van der Waals surface area contributed by atoms with Gasteiger partial charge >= 0.3 is 0 Å². The summed E-state index contributed by atoms with van der Waals surface area (Å²) in [6.07, 6.45) is 0.575. The van der Waals surface area contributed by atoms with Crippen LogP contribution in [0.3, 0.4) is 0 Å². The molecule has 0 unspecified atom stereocenters. The number of hydrogen-bond acceptors (Lipinski definition) is 5. The highest BCUT2D eigenvalue weighted by Gasteiger charge is 2.36. The van der Waals surface area contributed by atoms with Gasteiger partial charge in [0.2, 0.25) is 0 Å². The Labute approximate surface area is 125 Å². The number of ether oxygens (including phenoxy) is 4. The number of benzene rings is 1. The zero-order chi connectivity index (χ0) is 14.4. The molecular formula is C15H22O4S. The zero-order valence-corrected chi connectivity index (χ0v) is 12.8. The molecule has 112 valence electrons. The summed E-state index contributed by atoms with van der Waals surface area (Å²) in [5, 5.41) is 0. The van der Waals surface area contributed by atoms with Gasteiger partial charge in [-0.25, -0.2) is 0 Å². The van der Waals surface area contributed by atoms with Crippen LogP contribution >= 0.6 is 12.6 Å². The molecule has 0 radical (unpaired) electrons. The third kappa shape index (κ3) is 4.20. The fourth-order valence-corrected chi connectivity index (χ4v) is 2.73. The Balaban J connectivity index is 1.82. The number of rotatable bonds is 6. The van der Waals surface area contributed by atoms with E-state index in [2.05, 4.69) is 12.6 Å². The van der Waals surface area contributed by atoms with Crippen molar-refractivity contribution < 1.29 is 18.9 Å². The molecule has 1 aliphatic heterocycles. The van der Waals surface area contributed by atoms with Crippen molar-refractivity contribution in [2.45, 2.75) is 36.8 Å². The maximum absolute atomic E-state index is 5.82. The summed E-state index contributed by atoms with van der Waals surface area (Å²) in [6, 6.07) is 10.1. The molecule has 1 aromatic rings. The van der Waals surface area contributed by atoms with E-state index in [1.807, 2.05) is 30.3 Å². The molecule has 0 saturated carbocycles. The van der Waals surface area contributed by atoms with Crippen molar-refractivity contribution in [2.24, 2.45) is 0 Å². The first-order valence-corrected chi connectivity index (χ1v) is 7.27. The van der Waals surface area contributed by atoms with Gasteiger partial charge in [-0.05, 0) is 5.56 Å². The SMILES string of the molecule is CO[C@H]1C[C@@H](OC)[C@H](S)O[C@@H]1COCc1ccccc1. The molecule has 0 aliphatic carbocycles. The van der Waals surface area contributed by atoms with Gasteiger partial charge in [-0.3, -0.25) is 0 Å². The summed E-state index contributed by atoms with van der Waals surface area (Å²) in [5.41, 5.74) is 0.909. The second kappa shape index (κ2) is 8.00. The molecule has 1 aromatic carbocycles. The molecule has 1 fully saturated rings. The van der Waals surface area contributed by atoms with Crippen LogP contribution in [-0.2, 0) is 25.6 Å². The van der Waals surface area contributed by atoms with E-state index in [-0.39, 0.29) is 23.7 Å². The van der Waals surface area contributed by atoms with Gasteiger partial charge in [-0.1, -0.05) is 30.3 Å². The quantitative estimate of drug-likeness (QED) is 0.818. The Kier molecular flexibility index (Phi) is 6.32. The van der Waals surface area contributed by atoms with Crippen molar-refractivity contribution in [3.63, 3.8) is 0 Å². The largest absolute Gasteiger partial charge is 0.379 e. The fraction of sp³-hybridized carbons (Fsp3) is 0.600. The molecule has 0 bridgehead atoms. The van der Waals surface area contributed by atoms with Gasteiger partial charge in [0, 0.05) is 20.6 Å². The molecule has 20 heavy (non-hydrogen) atoms. The monoisotopic (exact) mass is 298 g/mol. The van der Waals surface area contributed by atoms with Crippen LogP contribution in [0.1, 0.15) is 12.0 Å². The van der Waals surface area contributed by atoms with Crippen molar-refractivity contribution in [3.05, 3.63) is 35.9 Å². The first-order chi connectivity index (χ1) is 9.74. The van der Waals surface area contributed by atoms with Gasteiger partial charge in [0.1, 0.15) is 11.5 Å². The van der Waals surface area contributed by atoms with E-state index in [1.54, 1.807) is 14.2 Å². The molecule has 5 heteroatoms. The first kappa shape index (κ1) is 15.8. The number of thiol groups is 1. The van der Waals surface area contributed by atoms with Crippen LogP contribution in [0.25, 0.3) is 0 Å². The van der Waals surface area contributed by atoms with Gasteiger partial charge in [0.05, 0.1) is 25.4 Å². The number of methoxy groups -OCH3 is 2. The van der Waals surface area contributed by atoms with Crippen molar-refractivity contribution >= 4 is 12.6 Å². The van der Waals surface area contributed by atoms with Crippen LogP contribution in [0.4, 0.5) is 0 Å². The molecule has 2 rings (SSSR count). The van der Waals surface area contributed by atoms with Gasteiger partial charge in [-0.15, -0.1) is 12.6 Å². The highest BCUT2D eigenvalue weighted by Crippen LogP contribution is 2.26. The first-order valence-electron chi connectivity index (χ1n) is 6.75. The van der Waals surface area contributed by atoms with E-state index in [0.717, 1.165) is 12.0 Å². The van der Waals surface area contributed by atoms with E-state index in [4.69, 9.17) is 18.9 Å². The van der Waals surface area contributed by atoms with E-state index in [0.29, 0.717) is 13.2 Å². The Hall–Kier alpha value is -0.590. The molecule has 0 amide bonds. The molecule has 4 atom stereocenters. The van der Waals surface area contributed by atoms with Crippen LogP contribution in [0.15, 0.2) is 30.3 Å². The second-order valence-corrected chi connectivity index (χ2v) is 5.36. The molecule has 0 aromatic heterocycles. The van der Waals surface area contributed by atoms with Crippen molar-refractivity contribution in [2.75, 3.05) is 20.8 Å². The fourth-order valence-electron chi connectivity index (χ4n) is 2.33. The van der Waals surface area contributed by atoms with Crippen LogP contribution in [-0.4, -0.2) is 44.6 Å². The average Bonchev–Trinajstić information content (AvgIpc) is 2.48. The second-order valence-electron chi connectivity index (χ2n) is 4.85. The highest BCUT2D eigenvalue weighted by molar-refractivity contribution is 7.80. The van der Waals surface area contributed by atoms with E-state index in [1.165, 1.54) is 0 Å². The molecule has 4 nitrogen and oxygen atoms in total. The summed E-state index contributed by atoms with van der Waals surface area (Å²) in [6.45, 7) is 1.06. The Morgan fingerprint density at radius 1 is 1.15 bits per heavy atom. The number of hydrogen-bond donors (Lipinski definition) is 1. The van der Waals surface area contributed by atoms with Gasteiger partial charge in [0.25, 0.3) is 0 Å². The van der Waals surface area contributed by atoms with Gasteiger partial charge < -0.3 is 18.9 Å². The minimum Gasteiger partial charge on any atom is -0.379 e. The molecule has 1 aliphatic rings. The maximum Gasteiger partial charge on any atom is 0.127 e. The lowest BCUT2D eigenvalue weighted by Crippen LogP contribution is -2.48. The standard InChI is InChI=1S/C15H22O4S/c1-16-12-8-13(17-2)15(20)19-14(12)10-18-9-11-6-4-3-5-7-11/h3-7,12-15,20H,8-10H2,1-2H3/t12-,13+,14+,15-/m0/s1. The Bertz CT molecular complexity index is 387. The van der Waals surface area contributed by atoms with Crippen molar-refractivity contribution in [1.82, 2.24) is 0 Å². The van der Waals surface area contributed by atoms with E-state index >= 15 is 0 Å². The van der Waals surface area contributed by atoms with E-state index in [9.17, 15) is 0 Å². The average molecular weight is 298 g/mol. The third-order valence-corrected chi connectivity index (χ3v) is 3.96. The zero-order valence-electron chi connectivity index (χ0n) is 11.9. The molecule has 1 saturated heterocycles. The lowest BCUT2D eigenvalue weighted by atomic mass is 10.0. The summed E-state index contributed by atoms with van der Waals surface area (Å²) in [4.78, 5) is 0. The molecule has 0 spiro atoms. The lowest BCUT2D eigenvalue weighted by molar-refractivity contribution is -0.173. The Morgan fingerprint density at radius 3 is 2.50 bits per heavy atom. The normalized spacial score (nSPS) is 30.4. The predicted octanol–water partition coefficient (Wildman–Crippen LogP) is 2.28. The van der Waals surface area contributed by atoms with Crippen LogP contribution in [0.5, 0.6) is 0 Å². The highest BCUT2D eigenvalue weighted by atomic mass is 32.1. The van der Waals surface area contributed by atoms with Gasteiger partial charge in [0.15, 0.2) is 0 Å². The minimum absolute atomic E-state index is 0.0286. The van der Waals surface area contributed by atoms with Crippen LogP contribution < -0.4 is 0 Å². The van der Waals surface area contributed by atoms with Gasteiger partial charge in [-0.2, -0.15) is 0 Å².